The van der Waals surface area contributed by atoms with Crippen LogP contribution in [-0.4, -0.2) is 47.2 Å². The number of sulfone groups is 1. The van der Waals surface area contributed by atoms with E-state index in [2.05, 4.69) is 9.59 Å². The van der Waals surface area contributed by atoms with Gasteiger partial charge in [-0.3, -0.25) is 4.79 Å². The Morgan fingerprint density at radius 2 is 2.09 bits per heavy atom. The molecule has 0 radical (unpaired) electrons. The van der Waals surface area contributed by atoms with Gasteiger partial charge in [0.15, 0.2) is 9.84 Å². The number of hydrogen-bond donors (Lipinski definition) is 0. The highest BCUT2D eigenvalue weighted by atomic mass is 32.2. The number of aryl methyl sites for hydroxylation is 1. The molecule has 122 valence electrons. The molecule has 6 nitrogen and oxygen atoms in total. The summed E-state index contributed by atoms with van der Waals surface area (Å²) in [6.07, 6.45) is 1.51. The molecule has 1 amide bonds. The van der Waals surface area contributed by atoms with Crippen molar-refractivity contribution >= 4 is 27.3 Å². The molecule has 1 aromatic carbocycles. The first-order chi connectivity index (χ1) is 11.0. The minimum absolute atomic E-state index is 0.0476. The van der Waals surface area contributed by atoms with Gasteiger partial charge in [-0.05, 0) is 43.4 Å². The van der Waals surface area contributed by atoms with E-state index in [9.17, 15) is 13.2 Å². The predicted molar refractivity (Wildman–Crippen MR) is 87.2 cm³/mol. The number of aromatic nitrogens is 2. The van der Waals surface area contributed by atoms with Gasteiger partial charge in [0.25, 0.3) is 5.91 Å². The fraction of sp³-hybridized carbons (Fsp3) is 0.400. The lowest BCUT2D eigenvalue weighted by Gasteiger charge is -2.24. The van der Waals surface area contributed by atoms with E-state index in [0.717, 1.165) is 18.0 Å². The summed E-state index contributed by atoms with van der Waals surface area (Å²) in [6, 6.07) is 8.08. The van der Waals surface area contributed by atoms with Crippen LogP contribution in [0.5, 0.6) is 0 Å². The second-order valence-electron chi connectivity index (χ2n) is 5.58. The van der Waals surface area contributed by atoms with E-state index in [0.29, 0.717) is 28.4 Å². The van der Waals surface area contributed by atoms with Crippen molar-refractivity contribution in [3.8, 4) is 0 Å². The van der Waals surface area contributed by atoms with Gasteiger partial charge in [0, 0.05) is 12.6 Å². The number of nitrogens with zero attached hydrogens (tertiary/aromatic N) is 3. The third-order valence-corrected chi connectivity index (χ3v) is 6.63. The predicted octanol–water partition coefficient (Wildman–Crippen LogP) is 1.93. The number of benzene rings is 1. The number of likely N-dealkylation sites (tertiary alicyclic amines) is 1. The van der Waals surface area contributed by atoms with Crippen molar-refractivity contribution in [3.63, 3.8) is 0 Å². The molecular weight excluding hydrogens is 334 g/mol. The van der Waals surface area contributed by atoms with Crippen molar-refractivity contribution in [1.82, 2.24) is 14.5 Å². The molecule has 1 atom stereocenters. The first-order valence-corrected chi connectivity index (χ1v) is 9.79. The molecule has 1 unspecified atom stereocenters. The standard InChI is InChI=1S/C15H17N3O3S2/c1-11-14(22-17-16-11)15(19)18-9-5-6-12(18)10-23(20,21)13-7-3-2-4-8-13/h2-4,7-8,12H,5-6,9-10H2,1H3. The van der Waals surface area contributed by atoms with Gasteiger partial charge in [-0.25, -0.2) is 8.42 Å². The zero-order valence-electron chi connectivity index (χ0n) is 12.7. The molecule has 23 heavy (non-hydrogen) atoms. The highest BCUT2D eigenvalue weighted by Gasteiger charge is 2.34. The lowest BCUT2D eigenvalue weighted by atomic mass is 10.2. The van der Waals surface area contributed by atoms with Crippen molar-refractivity contribution in [2.45, 2.75) is 30.7 Å². The largest absolute Gasteiger partial charge is 0.334 e. The first kappa shape index (κ1) is 16.1. The van der Waals surface area contributed by atoms with Crippen molar-refractivity contribution in [1.29, 1.82) is 0 Å². The molecule has 1 aliphatic rings. The topological polar surface area (TPSA) is 80.2 Å². The Hall–Kier alpha value is -1.80. The highest BCUT2D eigenvalue weighted by molar-refractivity contribution is 7.91. The van der Waals surface area contributed by atoms with E-state index in [1.807, 2.05) is 0 Å². The van der Waals surface area contributed by atoms with Crippen LogP contribution in [0.1, 0.15) is 28.2 Å². The Kier molecular flexibility index (Phi) is 4.45. The minimum atomic E-state index is -3.41. The average Bonchev–Trinajstić information content (AvgIpc) is 3.16. The SMILES string of the molecule is Cc1nnsc1C(=O)N1CCCC1CS(=O)(=O)c1ccccc1. The normalized spacial score (nSPS) is 18.3. The van der Waals surface area contributed by atoms with E-state index in [4.69, 9.17) is 0 Å². The van der Waals surface area contributed by atoms with Gasteiger partial charge in [0.05, 0.1) is 16.3 Å². The summed E-state index contributed by atoms with van der Waals surface area (Å²) >= 11 is 1.06. The molecule has 8 heteroatoms. The Morgan fingerprint density at radius 3 is 2.74 bits per heavy atom. The first-order valence-electron chi connectivity index (χ1n) is 7.37. The molecule has 1 fully saturated rings. The highest BCUT2D eigenvalue weighted by Crippen LogP contribution is 2.25. The number of hydrogen-bond acceptors (Lipinski definition) is 6. The van der Waals surface area contributed by atoms with Crippen LogP contribution in [0, 0.1) is 6.92 Å². The van der Waals surface area contributed by atoms with E-state index in [1.165, 1.54) is 0 Å². The van der Waals surface area contributed by atoms with Crippen LogP contribution in [0.3, 0.4) is 0 Å². The van der Waals surface area contributed by atoms with Crippen LogP contribution in [0.15, 0.2) is 35.2 Å². The molecule has 0 bridgehead atoms. The fourth-order valence-electron chi connectivity index (χ4n) is 2.81. The summed E-state index contributed by atoms with van der Waals surface area (Å²) in [5, 5.41) is 3.86. The Bertz CT molecular complexity index is 802. The van der Waals surface area contributed by atoms with E-state index < -0.39 is 9.84 Å². The Labute approximate surface area is 139 Å². The van der Waals surface area contributed by atoms with Crippen LogP contribution in [0.4, 0.5) is 0 Å². The number of rotatable bonds is 4. The van der Waals surface area contributed by atoms with Gasteiger partial charge < -0.3 is 4.90 Å². The summed E-state index contributed by atoms with van der Waals surface area (Å²) in [6.45, 7) is 2.31. The molecule has 0 spiro atoms. The molecule has 1 aliphatic heterocycles. The van der Waals surface area contributed by atoms with Gasteiger partial charge in [-0.15, -0.1) is 5.10 Å². The quantitative estimate of drug-likeness (QED) is 0.841. The van der Waals surface area contributed by atoms with Crippen LogP contribution < -0.4 is 0 Å². The summed E-state index contributed by atoms with van der Waals surface area (Å²) in [5.41, 5.74) is 0.594. The van der Waals surface area contributed by atoms with Crippen LogP contribution in [0.25, 0.3) is 0 Å². The van der Waals surface area contributed by atoms with E-state index in [-0.39, 0.29) is 17.7 Å². The third kappa shape index (κ3) is 3.28. The van der Waals surface area contributed by atoms with Crippen molar-refractivity contribution < 1.29 is 13.2 Å². The summed E-state index contributed by atoms with van der Waals surface area (Å²) in [7, 11) is -3.41. The maximum atomic E-state index is 12.6. The van der Waals surface area contributed by atoms with Gasteiger partial charge in [0.2, 0.25) is 0 Å². The summed E-state index contributed by atoms with van der Waals surface area (Å²) in [5.74, 6) is -0.211. The minimum Gasteiger partial charge on any atom is -0.334 e. The molecule has 2 aromatic rings. The Morgan fingerprint density at radius 1 is 1.35 bits per heavy atom. The molecule has 0 N–H and O–H groups in total. The maximum Gasteiger partial charge on any atom is 0.267 e. The van der Waals surface area contributed by atoms with E-state index in [1.54, 1.807) is 42.2 Å². The second kappa shape index (κ2) is 6.37. The maximum absolute atomic E-state index is 12.6. The fourth-order valence-corrected chi connectivity index (χ4v) is 5.04. The second-order valence-corrected chi connectivity index (χ2v) is 8.36. The van der Waals surface area contributed by atoms with Gasteiger partial charge >= 0.3 is 0 Å². The lowest BCUT2D eigenvalue weighted by Crippen LogP contribution is -2.39. The smallest absolute Gasteiger partial charge is 0.267 e. The molecule has 0 aliphatic carbocycles. The van der Waals surface area contributed by atoms with Crippen LogP contribution in [0.2, 0.25) is 0 Å². The monoisotopic (exact) mass is 351 g/mol. The van der Waals surface area contributed by atoms with Crippen LogP contribution in [-0.2, 0) is 9.84 Å². The Balaban J connectivity index is 1.80. The summed E-state index contributed by atoms with van der Waals surface area (Å²) < 4.78 is 28.9. The molecule has 0 saturated carbocycles. The van der Waals surface area contributed by atoms with Crippen LogP contribution >= 0.6 is 11.5 Å². The average molecular weight is 351 g/mol. The van der Waals surface area contributed by atoms with Gasteiger partial charge in [0.1, 0.15) is 4.88 Å². The van der Waals surface area contributed by atoms with Crippen molar-refractivity contribution in [2.75, 3.05) is 12.3 Å². The van der Waals surface area contributed by atoms with Crippen molar-refractivity contribution in [2.24, 2.45) is 0 Å². The molecular formula is C15H17N3O3S2. The number of amides is 1. The van der Waals surface area contributed by atoms with Crippen molar-refractivity contribution in [3.05, 3.63) is 40.9 Å². The van der Waals surface area contributed by atoms with Gasteiger partial charge in [-0.1, -0.05) is 22.7 Å². The molecule has 1 aromatic heterocycles. The lowest BCUT2D eigenvalue weighted by molar-refractivity contribution is 0.0753. The van der Waals surface area contributed by atoms with E-state index >= 15 is 0 Å². The summed E-state index contributed by atoms with van der Waals surface area (Å²) in [4.78, 5) is 15.1. The number of carbonyl (C=O) groups is 1. The third-order valence-electron chi connectivity index (χ3n) is 4.00. The number of carbonyl (C=O) groups excluding carboxylic acids is 1. The molecule has 2 heterocycles. The zero-order valence-corrected chi connectivity index (χ0v) is 14.3. The zero-order chi connectivity index (χ0) is 16.4. The van der Waals surface area contributed by atoms with Gasteiger partial charge in [-0.2, -0.15) is 0 Å². The molecule has 3 rings (SSSR count). The molecule has 1 saturated heterocycles.